The maximum Gasteiger partial charge on any atom is 0.320 e. The maximum absolute atomic E-state index is 5.91. The molecule has 0 spiro atoms. The van der Waals surface area contributed by atoms with Gasteiger partial charge in [-0.05, 0) is 48.0 Å². The number of rotatable bonds is 6. The van der Waals surface area contributed by atoms with Crippen molar-refractivity contribution in [2.24, 2.45) is 0 Å². The number of pyridine rings is 1. The van der Waals surface area contributed by atoms with Crippen LogP contribution in [0.25, 0.3) is 22.4 Å². The molecular weight excluding hydrogens is 430 g/mol. The Morgan fingerprint density at radius 1 is 0.824 bits per heavy atom. The molecule has 0 saturated heterocycles. The van der Waals surface area contributed by atoms with Crippen molar-refractivity contribution in [1.82, 2.24) is 15.2 Å². The molecule has 6 rings (SSSR count). The summed E-state index contributed by atoms with van der Waals surface area (Å²) >= 11 is 0. The summed E-state index contributed by atoms with van der Waals surface area (Å²) in [7, 11) is 0. The number of hydrogen-bond donors (Lipinski definition) is 2. The Hall–Kier alpha value is -4.59. The fourth-order valence-electron chi connectivity index (χ4n) is 3.88. The molecule has 8 heteroatoms. The molecule has 0 bridgehead atoms. The van der Waals surface area contributed by atoms with Gasteiger partial charge in [0.15, 0.2) is 11.5 Å². The van der Waals surface area contributed by atoms with Crippen LogP contribution in [0.1, 0.15) is 5.56 Å². The first kappa shape index (κ1) is 20.0. The van der Waals surface area contributed by atoms with Gasteiger partial charge in [-0.1, -0.05) is 29.4 Å². The van der Waals surface area contributed by atoms with E-state index in [4.69, 9.17) is 13.9 Å². The first-order valence-corrected chi connectivity index (χ1v) is 11.0. The summed E-state index contributed by atoms with van der Waals surface area (Å²) < 4.78 is 17.1. The van der Waals surface area contributed by atoms with Crippen molar-refractivity contribution >= 4 is 28.3 Å². The van der Waals surface area contributed by atoms with Crippen molar-refractivity contribution in [1.29, 1.82) is 0 Å². The van der Waals surface area contributed by atoms with Crippen LogP contribution in [-0.4, -0.2) is 28.4 Å². The van der Waals surface area contributed by atoms with E-state index in [9.17, 15) is 0 Å². The third-order valence-corrected chi connectivity index (χ3v) is 5.53. The number of ether oxygens (including phenoxy) is 2. The Bertz CT molecular complexity index is 1470. The van der Waals surface area contributed by atoms with Crippen molar-refractivity contribution in [3.63, 3.8) is 0 Å². The summed E-state index contributed by atoms with van der Waals surface area (Å²) in [5.74, 6) is 1.84. The molecule has 8 nitrogen and oxygen atoms in total. The van der Waals surface area contributed by atoms with Crippen molar-refractivity contribution in [2.45, 2.75) is 6.54 Å². The van der Waals surface area contributed by atoms with E-state index >= 15 is 0 Å². The molecule has 0 radical (unpaired) electrons. The highest BCUT2D eigenvalue weighted by Crippen LogP contribution is 2.34. The highest BCUT2D eigenvalue weighted by atomic mass is 16.6. The summed E-state index contributed by atoms with van der Waals surface area (Å²) in [6, 6.07) is 24.0. The number of para-hydroxylation sites is 1. The van der Waals surface area contributed by atoms with E-state index in [-0.39, 0.29) is 0 Å². The number of hydrogen-bond acceptors (Lipinski definition) is 8. The van der Waals surface area contributed by atoms with E-state index in [0.717, 1.165) is 39.2 Å². The molecule has 1 aliphatic rings. The zero-order chi connectivity index (χ0) is 22.7. The molecule has 3 aromatic carbocycles. The lowest BCUT2D eigenvalue weighted by Crippen LogP contribution is -2.15. The first-order chi connectivity index (χ1) is 16.8. The second kappa shape index (κ2) is 8.74. The molecule has 2 aromatic heterocycles. The van der Waals surface area contributed by atoms with Crippen LogP contribution in [0.5, 0.6) is 11.5 Å². The normalized spacial score (nSPS) is 12.5. The second-order valence-electron chi connectivity index (χ2n) is 7.83. The van der Waals surface area contributed by atoms with Gasteiger partial charge in [0.1, 0.15) is 13.2 Å². The van der Waals surface area contributed by atoms with Gasteiger partial charge >= 0.3 is 6.01 Å². The van der Waals surface area contributed by atoms with Gasteiger partial charge in [0.2, 0.25) is 0 Å². The Kier molecular flexibility index (Phi) is 5.16. The number of benzene rings is 3. The molecule has 0 amide bonds. The van der Waals surface area contributed by atoms with Crippen molar-refractivity contribution in [3.8, 4) is 23.0 Å². The minimum Gasteiger partial charge on any atom is -0.486 e. The van der Waals surface area contributed by atoms with E-state index in [2.05, 4.69) is 44.0 Å². The number of nitrogens with zero attached hydrogens (tertiary/aromatic N) is 3. The topological polar surface area (TPSA) is 94.3 Å². The fraction of sp³-hybridized carbons (Fsp3) is 0.115. The molecule has 34 heavy (non-hydrogen) atoms. The van der Waals surface area contributed by atoms with Gasteiger partial charge in [0.25, 0.3) is 5.89 Å². The number of nitrogens with one attached hydrogen (secondary N) is 2. The Labute approximate surface area is 195 Å². The Balaban J connectivity index is 1.19. The van der Waals surface area contributed by atoms with E-state index in [0.29, 0.717) is 37.4 Å². The fourth-order valence-corrected chi connectivity index (χ4v) is 3.88. The van der Waals surface area contributed by atoms with E-state index in [1.54, 1.807) is 6.20 Å². The zero-order valence-corrected chi connectivity index (χ0v) is 18.2. The smallest absolute Gasteiger partial charge is 0.320 e. The molecule has 2 N–H and O–H groups in total. The summed E-state index contributed by atoms with van der Waals surface area (Å²) in [4.78, 5) is 4.38. The van der Waals surface area contributed by atoms with Crippen LogP contribution in [0, 0.1) is 0 Å². The summed E-state index contributed by atoms with van der Waals surface area (Å²) in [5, 5.41) is 16.1. The third-order valence-electron chi connectivity index (χ3n) is 5.53. The standard InChI is InChI=1S/C26H21N5O3/c1-2-6-22(28-16-17-7-9-21-18(14-17)4-3-11-27-21)20(5-1)25-30-31-26(34-25)29-19-8-10-23-24(15-19)33-13-12-32-23/h1-11,14-15,28H,12-13,16H2,(H,29,31). The highest BCUT2D eigenvalue weighted by molar-refractivity contribution is 5.79. The molecule has 1 aliphatic heterocycles. The minimum atomic E-state index is 0.295. The Morgan fingerprint density at radius 3 is 2.71 bits per heavy atom. The summed E-state index contributed by atoms with van der Waals surface area (Å²) in [6.07, 6.45) is 1.80. The van der Waals surface area contributed by atoms with Crippen LogP contribution in [-0.2, 0) is 6.54 Å². The summed E-state index contributed by atoms with van der Waals surface area (Å²) in [5.41, 5.74) is 4.64. The first-order valence-electron chi connectivity index (χ1n) is 11.0. The van der Waals surface area contributed by atoms with E-state index in [1.165, 1.54) is 0 Å². The lowest BCUT2D eigenvalue weighted by Gasteiger charge is -2.18. The lowest BCUT2D eigenvalue weighted by molar-refractivity contribution is 0.171. The second-order valence-corrected chi connectivity index (χ2v) is 7.83. The molecule has 0 fully saturated rings. The maximum atomic E-state index is 5.91. The number of fused-ring (bicyclic) bond motifs is 2. The van der Waals surface area contributed by atoms with Crippen molar-refractivity contribution in [2.75, 3.05) is 23.8 Å². The quantitative estimate of drug-likeness (QED) is 0.354. The van der Waals surface area contributed by atoms with Crippen LogP contribution in [0.4, 0.5) is 17.4 Å². The SMILES string of the molecule is c1ccc(-c2nnc(Nc3ccc4c(c3)OCCO4)o2)c(NCc2ccc3ncccc3c2)c1. The molecule has 5 aromatic rings. The van der Waals surface area contributed by atoms with Crippen molar-refractivity contribution in [3.05, 3.63) is 84.6 Å². The minimum absolute atomic E-state index is 0.295. The average molecular weight is 451 g/mol. The molecule has 0 saturated carbocycles. The van der Waals surface area contributed by atoms with Gasteiger partial charge in [-0.2, -0.15) is 0 Å². The summed E-state index contributed by atoms with van der Waals surface area (Å²) in [6.45, 7) is 1.73. The van der Waals surface area contributed by atoms with Gasteiger partial charge in [-0.25, -0.2) is 0 Å². The number of anilines is 3. The lowest BCUT2D eigenvalue weighted by atomic mass is 10.1. The van der Waals surface area contributed by atoms with Crippen LogP contribution >= 0.6 is 0 Å². The van der Waals surface area contributed by atoms with Gasteiger partial charge in [-0.3, -0.25) is 4.98 Å². The predicted octanol–water partition coefficient (Wildman–Crippen LogP) is 5.41. The van der Waals surface area contributed by atoms with Gasteiger partial charge in [0, 0.05) is 35.6 Å². The largest absolute Gasteiger partial charge is 0.486 e. The van der Waals surface area contributed by atoms with Gasteiger partial charge in [-0.15, -0.1) is 5.10 Å². The molecule has 0 unspecified atom stereocenters. The molecule has 3 heterocycles. The highest BCUT2D eigenvalue weighted by Gasteiger charge is 2.15. The zero-order valence-electron chi connectivity index (χ0n) is 18.2. The van der Waals surface area contributed by atoms with E-state index in [1.807, 2.05) is 54.6 Å². The molecule has 0 atom stereocenters. The number of aromatic nitrogens is 3. The van der Waals surface area contributed by atoms with Gasteiger partial charge < -0.3 is 24.5 Å². The third kappa shape index (κ3) is 4.09. The monoisotopic (exact) mass is 451 g/mol. The molecule has 0 aliphatic carbocycles. The Morgan fingerprint density at radius 2 is 1.74 bits per heavy atom. The van der Waals surface area contributed by atoms with Gasteiger partial charge in [0.05, 0.1) is 11.1 Å². The van der Waals surface area contributed by atoms with Crippen LogP contribution in [0.15, 0.2) is 83.4 Å². The average Bonchev–Trinajstić information content (AvgIpc) is 3.35. The van der Waals surface area contributed by atoms with Crippen LogP contribution in [0.2, 0.25) is 0 Å². The van der Waals surface area contributed by atoms with Crippen LogP contribution in [0.3, 0.4) is 0 Å². The van der Waals surface area contributed by atoms with Crippen molar-refractivity contribution < 1.29 is 13.9 Å². The molecule has 168 valence electrons. The predicted molar refractivity (Wildman–Crippen MR) is 130 cm³/mol. The molecular formula is C26H21N5O3. The van der Waals surface area contributed by atoms with Crippen LogP contribution < -0.4 is 20.1 Å². The van der Waals surface area contributed by atoms with E-state index < -0.39 is 0 Å².